The van der Waals surface area contributed by atoms with Crippen molar-refractivity contribution in [1.29, 1.82) is 0 Å². The van der Waals surface area contributed by atoms with E-state index in [1.165, 1.54) is 10.8 Å². The molecule has 0 saturated heterocycles. The molecular formula is C24H20ClNO. The Bertz CT molecular complexity index is 1040. The molecular weight excluding hydrogens is 354 g/mol. The summed E-state index contributed by atoms with van der Waals surface area (Å²) in [6.45, 7) is 1.20. The summed E-state index contributed by atoms with van der Waals surface area (Å²) in [5.41, 5.74) is 3.35. The first kappa shape index (κ1) is 17.4. The Morgan fingerprint density at radius 1 is 0.778 bits per heavy atom. The van der Waals surface area contributed by atoms with E-state index in [9.17, 15) is 0 Å². The van der Waals surface area contributed by atoms with Crippen LogP contribution in [0.1, 0.15) is 11.1 Å². The van der Waals surface area contributed by atoms with Gasteiger partial charge in [-0.15, -0.1) is 0 Å². The van der Waals surface area contributed by atoms with Gasteiger partial charge in [-0.1, -0.05) is 78.3 Å². The molecule has 134 valence electrons. The van der Waals surface area contributed by atoms with Gasteiger partial charge in [-0.25, -0.2) is 0 Å². The number of benzene rings is 4. The van der Waals surface area contributed by atoms with Crippen LogP contribution < -0.4 is 10.1 Å². The van der Waals surface area contributed by atoms with Gasteiger partial charge in [0.2, 0.25) is 0 Å². The first-order valence-corrected chi connectivity index (χ1v) is 9.34. The smallest absolute Gasteiger partial charge is 0.138 e. The number of nitrogens with one attached hydrogen (secondary N) is 1. The lowest BCUT2D eigenvalue weighted by Gasteiger charge is -2.12. The monoisotopic (exact) mass is 373 g/mol. The van der Waals surface area contributed by atoms with Crippen LogP contribution in [0.2, 0.25) is 5.02 Å². The summed E-state index contributed by atoms with van der Waals surface area (Å²) in [5, 5.41) is 6.44. The number of ether oxygens (including phenoxy) is 1. The normalized spacial score (nSPS) is 10.7. The zero-order valence-corrected chi connectivity index (χ0v) is 15.6. The topological polar surface area (TPSA) is 21.3 Å². The minimum absolute atomic E-state index is 0.489. The van der Waals surface area contributed by atoms with Gasteiger partial charge in [0, 0.05) is 12.2 Å². The molecule has 2 nitrogen and oxygen atoms in total. The van der Waals surface area contributed by atoms with Crippen LogP contribution in [0.15, 0.2) is 91.0 Å². The van der Waals surface area contributed by atoms with E-state index in [0.717, 1.165) is 16.8 Å². The van der Waals surface area contributed by atoms with Gasteiger partial charge in [0.15, 0.2) is 0 Å². The molecule has 0 aromatic heterocycles. The quantitative estimate of drug-likeness (QED) is 0.406. The number of para-hydroxylation sites is 1. The van der Waals surface area contributed by atoms with E-state index in [4.69, 9.17) is 16.3 Å². The van der Waals surface area contributed by atoms with E-state index in [-0.39, 0.29) is 0 Å². The maximum absolute atomic E-state index is 6.44. The fraction of sp³-hybridized carbons (Fsp3) is 0.0833. The van der Waals surface area contributed by atoms with E-state index in [2.05, 4.69) is 35.6 Å². The number of fused-ring (bicyclic) bond motifs is 1. The third kappa shape index (κ3) is 4.24. The van der Waals surface area contributed by atoms with E-state index >= 15 is 0 Å². The van der Waals surface area contributed by atoms with Crippen molar-refractivity contribution in [3.05, 3.63) is 107 Å². The molecule has 0 unspecified atom stereocenters. The number of rotatable bonds is 6. The van der Waals surface area contributed by atoms with E-state index in [1.54, 1.807) is 0 Å². The molecule has 0 heterocycles. The van der Waals surface area contributed by atoms with E-state index in [1.807, 2.05) is 60.7 Å². The summed E-state index contributed by atoms with van der Waals surface area (Å²) < 4.78 is 6.00. The number of anilines is 1. The van der Waals surface area contributed by atoms with Crippen LogP contribution in [-0.4, -0.2) is 0 Å². The standard InChI is InChI=1S/C24H20ClNO/c25-23-15-18(16-26-21-10-2-1-3-11-21)13-14-24(23)27-17-20-9-6-8-19-7-4-5-12-22(19)20/h1-15,26H,16-17H2. The number of halogens is 1. The van der Waals surface area contributed by atoms with Gasteiger partial charge in [-0.2, -0.15) is 0 Å². The van der Waals surface area contributed by atoms with Gasteiger partial charge in [0.25, 0.3) is 0 Å². The van der Waals surface area contributed by atoms with Crippen molar-refractivity contribution in [3.8, 4) is 5.75 Å². The number of hydrogen-bond donors (Lipinski definition) is 1. The van der Waals surface area contributed by atoms with Gasteiger partial charge in [-0.05, 0) is 46.2 Å². The number of hydrogen-bond acceptors (Lipinski definition) is 2. The predicted octanol–water partition coefficient (Wildman–Crippen LogP) is 6.68. The van der Waals surface area contributed by atoms with Crippen LogP contribution in [-0.2, 0) is 13.2 Å². The first-order valence-electron chi connectivity index (χ1n) is 8.96. The zero-order chi connectivity index (χ0) is 18.5. The van der Waals surface area contributed by atoms with Crippen LogP contribution in [0.4, 0.5) is 5.69 Å². The summed E-state index contributed by atoms with van der Waals surface area (Å²) in [4.78, 5) is 0. The van der Waals surface area contributed by atoms with Crippen molar-refractivity contribution in [3.63, 3.8) is 0 Å². The predicted molar refractivity (Wildman–Crippen MR) is 114 cm³/mol. The van der Waals surface area contributed by atoms with Crippen molar-refractivity contribution in [2.24, 2.45) is 0 Å². The molecule has 27 heavy (non-hydrogen) atoms. The molecule has 0 aliphatic carbocycles. The molecule has 4 aromatic carbocycles. The molecule has 0 radical (unpaired) electrons. The minimum atomic E-state index is 0.489. The molecule has 0 fully saturated rings. The Kier molecular flexibility index (Phi) is 5.27. The van der Waals surface area contributed by atoms with E-state index in [0.29, 0.717) is 23.9 Å². The molecule has 4 aromatic rings. The molecule has 1 N–H and O–H groups in total. The SMILES string of the molecule is Clc1cc(CNc2ccccc2)ccc1OCc1cccc2ccccc12. The molecule has 0 atom stereocenters. The van der Waals surface area contributed by atoms with Crippen LogP contribution in [0, 0.1) is 0 Å². The lowest BCUT2D eigenvalue weighted by molar-refractivity contribution is 0.308. The van der Waals surface area contributed by atoms with Crippen LogP contribution in [0.5, 0.6) is 5.75 Å². The molecule has 0 spiro atoms. The third-order valence-corrected chi connectivity index (χ3v) is 4.83. The Balaban J connectivity index is 1.43. The van der Waals surface area contributed by atoms with Crippen molar-refractivity contribution in [2.45, 2.75) is 13.2 Å². The van der Waals surface area contributed by atoms with Crippen LogP contribution >= 0.6 is 11.6 Å². The average molecular weight is 374 g/mol. The fourth-order valence-electron chi connectivity index (χ4n) is 3.11. The highest BCUT2D eigenvalue weighted by Crippen LogP contribution is 2.28. The van der Waals surface area contributed by atoms with Crippen molar-refractivity contribution in [1.82, 2.24) is 0 Å². The van der Waals surface area contributed by atoms with E-state index < -0.39 is 0 Å². The maximum atomic E-state index is 6.44. The Hall–Kier alpha value is -2.97. The summed E-state index contributed by atoms with van der Waals surface area (Å²) in [7, 11) is 0. The average Bonchev–Trinajstić information content (AvgIpc) is 2.72. The first-order chi connectivity index (χ1) is 13.3. The molecule has 0 bridgehead atoms. The molecule has 4 rings (SSSR count). The highest BCUT2D eigenvalue weighted by Gasteiger charge is 2.06. The summed E-state index contributed by atoms with van der Waals surface area (Å²) >= 11 is 6.44. The summed E-state index contributed by atoms with van der Waals surface area (Å²) in [6.07, 6.45) is 0. The van der Waals surface area contributed by atoms with Crippen molar-refractivity contribution in [2.75, 3.05) is 5.32 Å². The lowest BCUT2D eigenvalue weighted by Crippen LogP contribution is -2.00. The molecule has 0 aliphatic rings. The summed E-state index contributed by atoms with van der Waals surface area (Å²) in [6, 6.07) is 30.6. The van der Waals surface area contributed by atoms with Crippen molar-refractivity contribution >= 4 is 28.1 Å². The molecule has 3 heteroatoms. The molecule has 0 saturated carbocycles. The third-order valence-electron chi connectivity index (χ3n) is 4.53. The Morgan fingerprint density at radius 3 is 2.41 bits per heavy atom. The fourth-order valence-corrected chi connectivity index (χ4v) is 3.36. The van der Waals surface area contributed by atoms with Crippen LogP contribution in [0.3, 0.4) is 0 Å². The highest BCUT2D eigenvalue weighted by molar-refractivity contribution is 6.32. The van der Waals surface area contributed by atoms with Gasteiger partial charge in [0.05, 0.1) is 5.02 Å². The molecule has 0 aliphatic heterocycles. The maximum Gasteiger partial charge on any atom is 0.138 e. The van der Waals surface area contributed by atoms with Gasteiger partial charge >= 0.3 is 0 Å². The Morgan fingerprint density at radius 2 is 1.56 bits per heavy atom. The molecule has 0 amide bonds. The second-order valence-corrected chi connectivity index (χ2v) is 6.82. The van der Waals surface area contributed by atoms with Crippen molar-refractivity contribution < 1.29 is 4.74 Å². The zero-order valence-electron chi connectivity index (χ0n) is 14.9. The second kappa shape index (κ2) is 8.15. The highest BCUT2D eigenvalue weighted by atomic mass is 35.5. The Labute approximate surface area is 164 Å². The van der Waals surface area contributed by atoms with Crippen LogP contribution in [0.25, 0.3) is 10.8 Å². The van der Waals surface area contributed by atoms with Gasteiger partial charge in [-0.3, -0.25) is 0 Å². The van der Waals surface area contributed by atoms with Gasteiger partial charge in [0.1, 0.15) is 12.4 Å². The largest absolute Gasteiger partial charge is 0.487 e. The second-order valence-electron chi connectivity index (χ2n) is 6.41. The van der Waals surface area contributed by atoms with Gasteiger partial charge < -0.3 is 10.1 Å². The lowest BCUT2D eigenvalue weighted by atomic mass is 10.1. The minimum Gasteiger partial charge on any atom is -0.487 e. The summed E-state index contributed by atoms with van der Waals surface area (Å²) in [5.74, 6) is 0.702.